The number of ketones is 1. The Morgan fingerprint density at radius 3 is 2.51 bits per heavy atom. The van der Waals surface area contributed by atoms with Crippen LogP contribution in [0.15, 0.2) is 30.5 Å². The zero-order valence-electron chi connectivity index (χ0n) is 20.9. The molecule has 1 amide bonds. The summed E-state index contributed by atoms with van der Waals surface area (Å²) in [4.78, 5) is 32.4. The van der Waals surface area contributed by atoms with Gasteiger partial charge in [0.1, 0.15) is 17.4 Å². The number of hydrogen-bond donors (Lipinski definition) is 1. The highest BCUT2D eigenvalue weighted by Crippen LogP contribution is 2.48. The van der Waals surface area contributed by atoms with Gasteiger partial charge in [0.2, 0.25) is 0 Å². The molecule has 7 nitrogen and oxygen atoms in total. The van der Waals surface area contributed by atoms with Crippen molar-refractivity contribution in [3.8, 4) is 6.07 Å². The molecular formula is C27H25F4N5O2S. The normalized spacial score (nSPS) is 19.4. The minimum atomic E-state index is -4.87. The summed E-state index contributed by atoms with van der Waals surface area (Å²) >= 11 is 5.55. The van der Waals surface area contributed by atoms with Crippen molar-refractivity contribution in [2.75, 3.05) is 22.9 Å². The van der Waals surface area contributed by atoms with E-state index >= 15 is 4.39 Å². The van der Waals surface area contributed by atoms with Gasteiger partial charge >= 0.3 is 6.18 Å². The minimum absolute atomic E-state index is 0.0465. The van der Waals surface area contributed by atoms with Crippen molar-refractivity contribution < 1.29 is 27.2 Å². The molecule has 1 N–H and O–H groups in total. The summed E-state index contributed by atoms with van der Waals surface area (Å²) in [5, 5.41) is 12.2. The van der Waals surface area contributed by atoms with E-state index in [1.807, 2.05) is 0 Å². The lowest BCUT2D eigenvalue weighted by Crippen LogP contribution is -2.55. The Kier molecular flexibility index (Phi) is 7.15. The number of Topliss-reactive ketones (excluding diaryl/α,β-unsaturated/α-hetero) is 1. The molecule has 3 aliphatic rings. The van der Waals surface area contributed by atoms with Gasteiger partial charge in [-0.1, -0.05) is 0 Å². The van der Waals surface area contributed by atoms with Gasteiger partial charge in [-0.05, 0) is 94.0 Å². The van der Waals surface area contributed by atoms with Crippen LogP contribution in [0.4, 0.5) is 28.9 Å². The van der Waals surface area contributed by atoms with Gasteiger partial charge in [-0.2, -0.15) is 18.4 Å². The van der Waals surface area contributed by atoms with Crippen LogP contribution in [0, 0.1) is 23.1 Å². The highest BCUT2D eigenvalue weighted by molar-refractivity contribution is 7.81. The predicted octanol–water partition coefficient (Wildman–Crippen LogP) is 5.13. The van der Waals surface area contributed by atoms with E-state index < -0.39 is 34.7 Å². The van der Waals surface area contributed by atoms with Crippen molar-refractivity contribution in [2.24, 2.45) is 5.92 Å². The summed E-state index contributed by atoms with van der Waals surface area (Å²) in [5.41, 5.74) is -3.30. The van der Waals surface area contributed by atoms with E-state index in [-0.39, 0.29) is 34.3 Å². The average Bonchev–Trinajstić information content (AvgIpc) is 3.13. The fourth-order valence-corrected chi connectivity index (χ4v) is 6.07. The minimum Gasteiger partial charge on any atom is -0.317 e. The molecule has 3 heterocycles. The lowest BCUT2D eigenvalue weighted by molar-refractivity contribution is -0.138. The first-order valence-electron chi connectivity index (χ1n) is 12.8. The maximum absolute atomic E-state index is 15.2. The van der Waals surface area contributed by atoms with Gasteiger partial charge in [-0.3, -0.25) is 14.5 Å². The number of carbonyl (C=O) groups excluding carboxylic acids is 2. The fraction of sp³-hybridized carbons (Fsp3) is 0.444. The second kappa shape index (κ2) is 10.3. The molecule has 0 atom stereocenters. The van der Waals surface area contributed by atoms with Gasteiger partial charge in [0, 0.05) is 12.1 Å². The van der Waals surface area contributed by atoms with E-state index in [0.717, 1.165) is 43.1 Å². The van der Waals surface area contributed by atoms with Gasteiger partial charge in [0.05, 0.1) is 23.0 Å². The van der Waals surface area contributed by atoms with Crippen molar-refractivity contribution in [1.29, 1.82) is 5.26 Å². The molecule has 0 unspecified atom stereocenters. The van der Waals surface area contributed by atoms with Gasteiger partial charge in [-0.15, -0.1) is 0 Å². The first-order chi connectivity index (χ1) is 18.6. The third-order valence-electron chi connectivity index (χ3n) is 7.88. The number of nitrogens with zero attached hydrogens (tertiary/aromatic N) is 4. The molecule has 204 valence electrons. The Bertz CT molecular complexity index is 1380. The van der Waals surface area contributed by atoms with Crippen molar-refractivity contribution >= 4 is 40.4 Å². The number of alkyl halides is 3. The number of nitrogens with one attached hydrogen (secondary N) is 1. The van der Waals surface area contributed by atoms with Crippen LogP contribution in [0.2, 0.25) is 0 Å². The summed E-state index contributed by atoms with van der Waals surface area (Å²) in [7, 11) is 0. The Hall–Kier alpha value is -3.43. The molecule has 1 aromatic heterocycles. The number of amides is 1. The number of rotatable bonds is 6. The van der Waals surface area contributed by atoms with Crippen molar-refractivity contribution in [3.63, 3.8) is 0 Å². The maximum atomic E-state index is 15.2. The lowest BCUT2D eigenvalue weighted by Gasteiger charge is -2.43. The van der Waals surface area contributed by atoms with Crippen molar-refractivity contribution in [2.45, 2.75) is 56.7 Å². The van der Waals surface area contributed by atoms with Crippen LogP contribution in [0.1, 0.15) is 66.6 Å². The summed E-state index contributed by atoms with van der Waals surface area (Å²) in [5.74, 6) is -1.17. The zero-order chi connectivity index (χ0) is 27.9. The smallest absolute Gasteiger partial charge is 0.317 e. The third kappa shape index (κ3) is 4.78. The summed E-state index contributed by atoms with van der Waals surface area (Å²) < 4.78 is 55.9. The highest BCUT2D eigenvalue weighted by Gasteiger charge is 2.60. The van der Waals surface area contributed by atoms with Crippen LogP contribution in [-0.4, -0.2) is 40.4 Å². The number of carbonyl (C=O) groups is 2. The molecule has 0 radical (unpaired) electrons. The van der Waals surface area contributed by atoms with Crippen molar-refractivity contribution in [3.05, 3.63) is 53.1 Å². The highest BCUT2D eigenvalue weighted by atomic mass is 32.1. The third-order valence-corrected chi connectivity index (χ3v) is 8.25. The van der Waals surface area contributed by atoms with Gasteiger partial charge in [0.25, 0.3) is 5.91 Å². The number of pyridine rings is 1. The lowest BCUT2D eigenvalue weighted by atomic mass is 9.75. The number of hydrogen-bond acceptors (Lipinski definition) is 6. The number of halogens is 4. The van der Waals surface area contributed by atoms with Gasteiger partial charge in [-0.25, -0.2) is 9.37 Å². The molecule has 39 heavy (non-hydrogen) atoms. The first kappa shape index (κ1) is 27.1. The number of piperidine rings is 1. The molecule has 2 aliphatic heterocycles. The molecule has 0 bridgehead atoms. The topological polar surface area (TPSA) is 89.3 Å². The quantitative estimate of drug-likeness (QED) is 0.298. The summed E-state index contributed by atoms with van der Waals surface area (Å²) in [6.45, 7) is 1.82. The molecular weight excluding hydrogens is 534 g/mol. The van der Waals surface area contributed by atoms with Crippen LogP contribution in [0.25, 0.3) is 0 Å². The average molecular weight is 560 g/mol. The second-order valence-electron chi connectivity index (χ2n) is 10.2. The largest absolute Gasteiger partial charge is 0.419 e. The standard InChI is InChI=1S/C27H25F4N5O2S/c28-21-13-17(3-4-19(21)23(37)5-2-16-6-10-33-11-7-16)36-25(39)35(24(38)26(36)8-1-9-26)18-12-20(27(29,30)31)22(14-32)34-15-18/h3-4,12-13,15-16,33H,1-2,5-11H2. The molecule has 1 saturated carbocycles. The number of aromatic nitrogens is 1. The molecule has 12 heteroatoms. The Morgan fingerprint density at radius 2 is 1.92 bits per heavy atom. The number of thiocarbonyl (C=S) groups is 1. The molecule has 3 fully saturated rings. The van der Waals surface area contributed by atoms with Crippen LogP contribution >= 0.6 is 12.2 Å². The summed E-state index contributed by atoms with van der Waals surface area (Å²) in [6.07, 6.45) is 0.418. The van der Waals surface area contributed by atoms with Crippen molar-refractivity contribution in [1.82, 2.24) is 10.3 Å². The van der Waals surface area contributed by atoms with E-state index in [9.17, 15) is 22.8 Å². The maximum Gasteiger partial charge on any atom is 0.419 e. The van der Waals surface area contributed by atoms with Crippen LogP contribution < -0.4 is 15.1 Å². The Morgan fingerprint density at radius 1 is 1.21 bits per heavy atom. The van der Waals surface area contributed by atoms with E-state index in [1.165, 1.54) is 23.1 Å². The predicted molar refractivity (Wildman–Crippen MR) is 139 cm³/mol. The SMILES string of the molecule is N#Cc1ncc(N2C(=O)C3(CCC3)N(c3ccc(C(=O)CCC4CCNCC4)c(F)c3)C2=S)cc1C(F)(F)F. The number of nitriles is 1. The molecule has 2 saturated heterocycles. The first-order valence-corrected chi connectivity index (χ1v) is 13.2. The molecule has 5 rings (SSSR count). The van der Waals surface area contributed by atoms with Crippen LogP contribution in [0.3, 0.4) is 0 Å². The Labute approximate surface area is 227 Å². The van der Waals surface area contributed by atoms with E-state index in [2.05, 4.69) is 10.3 Å². The molecule has 1 aliphatic carbocycles. The Balaban J connectivity index is 1.43. The fourth-order valence-electron chi connectivity index (χ4n) is 5.60. The number of anilines is 2. The van der Waals surface area contributed by atoms with E-state index in [4.69, 9.17) is 17.5 Å². The molecule has 2 aromatic rings. The monoisotopic (exact) mass is 559 g/mol. The van der Waals surface area contributed by atoms with Gasteiger partial charge in [0.15, 0.2) is 16.6 Å². The summed E-state index contributed by atoms with van der Waals surface area (Å²) in [6, 6.07) is 6.14. The zero-order valence-corrected chi connectivity index (χ0v) is 21.7. The molecule has 1 spiro atoms. The second-order valence-corrected chi connectivity index (χ2v) is 10.5. The van der Waals surface area contributed by atoms with Crippen LogP contribution in [0.5, 0.6) is 0 Å². The van der Waals surface area contributed by atoms with E-state index in [0.29, 0.717) is 37.7 Å². The number of benzene rings is 1. The van der Waals surface area contributed by atoms with Gasteiger partial charge < -0.3 is 10.2 Å². The molecule has 1 aromatic carbocycles. The van der Waals surface area contributed by atoms with Crippen LogP contribution in [-0.2, 0) is 11.0 Å². The van der Waals surface area contributed by atoms with E-state index in [1.54, 1.807) is 0 Å².